The summed E-state index contributed by atoms with van der Waals surface area (Å²) in [5.41, 5.74) is -0.954. The van der Waals surface area contributed by atoms with E-state index in [2.05, 4.69) is 4.72 Å². The van der Waals surface area contributed by atoms with E-state index >= 15 is 0 Å². The van der Waals surface area contributed by atoms with Crippen molar-refractivity contribution in [3.63, 3.8) is 0 Å². The molecule has 0 saturated carbocycles. The van der Waals surface area contributed by atoms with Crippen molar-refractivity contribution < 1.29 is 31.1 Å². The van der Waals surface area contributed by atoms with Gasteiger partial charge in [-0.3, -0.25) is 4.79 Å². The van der Waals surface area contributed by atoms with Crippen LogP contribution in [0.4, 0.5) is 13.2 Å². The molecule has 1 aromatic rings. The molecule has 0 saturated heterocycles. The number of hydrogen-bond acceptors (Lipinski definition) is 5. The van der Waals surface area contributed by atoms with Gasteiger partial charge in [0, 0.05) is 0 Å². The second kappa shape index (κ2) is 8.91. The van der Waals surface area contributed by atoms with Gasteiger partial charge in [0.15, 0.2) is 0 Å². The first-order valence-corrected chi connectivity index (χ1v) is 10.2. The summed E-state index contributed by atoms with van der Waals surface area (Å²) in [7, 11) is -4.16. The second-order valence-corrected chi connectivity index (χ2v) is 8.16. The van der Waals surface area contributed by atoms with Crippen LogP contribution in [-0.2, 0) is 25.7 Å². The van der Waals surface area contributed by atoms with Gasteiger partial charge in [-0.2, -0.15) is 29.7 Å². The molecule has 0 spiro atoms. The van der Waals surface area contributed by atoms with Crippen LogP contribution in [0.2, 0.25) is 0 Å². The normalized spacial score (nSPS) is 13.7. The lowest BCUT2D eigenvalue weighted by Crippen LogP contribution is -2.42. The van der Waals surface area contributed by atoms with Crippen LogP contribution in [0.1, 0.15) is 25.8 Å². The van der Waals surface area contributed by atoms with Gasteiger partial charge in [0.05, 0.1) is 16.6 Å². The number of carbonyl (C=O) groups is 1. The maximum atomic E-state index is 12.6. The van der Waals surface area contributed by atoms with Crippen LogP contribution in [0.5, 0.6) is 0 Å². The van der Waals surface area contributed by atoms with Crippen molar-refractivity contribution in [1.82, 2.24) is 4.72 Å². The van der Waals surface area contributed by atoms with Crippen LogP contribution < -0.4 is 4.72 Å². The van der Waals surface area contributed by atoms with Crippen molar-refractivity contribution in [2.45, 2.75) is 43.5 Å². The number of sulfonamides is 1. The van der Waals surface area contributed by atoms with E-state index < -0.39 is 39.9 Å². The average molecular weight is 399 g/mol. The van der Waals surface area contributed by atoms with E-state index in [1.165, 1.54) is 11.8 Å². The third-order valence-electron chi connectivity index (χ3n) is 3.04. The van der Waals surface area contributed by atoms with Crippen molar-refractivity contribution in [2.24, 2.45) is 0 Å². The molecule has 142 valence electrons. The number of thioether (sulfide) groups is 1. The number of esters is 1. The molecule has 25 heavy (non-hydrogen) atoms. The molecule has 1 unspecified atom stereocenters. The van der Waals surface area contributed by atoms with Crippen LogP contribution >= 0.6 is 11.8 Å². The van der Waals surface area contributed by atoms with Crippen molar-refractivity contribution in [2.75, 3.05) is 12.0 Å². The van der Waals surface area contributed by atoms with Gasteiger partial charge in [-0.1, -0.05) is 0 Å². The fourth-order valence-corrected chi connectivity index (χ4v) is 3.54. The smallest absolute Gasteiger partial charge is 0.416 e. The summed E-state index contributed by atoms with van der Waals surface area (Å²) in [4.78, 5) is 11.7. The highest BCUT2D eigenvalue weighted by atomic mass is 32.2. The minimum atomic E-state index is -4.56. The Morgan fingerprint density at radius 3 is 2.24 bits per heavy atom. The minimum absolute atomic E-state index is 0.201. The molecule has 0 heterocycles. The lowest BCUT2D eigenvalue weighted by molar-refractivity contribution is -0.149. The molecule has 0 aliphatic rings. The van der Waals surface area contributed by atoms with E-state index in [1.807, 2.05) is 0 Å². The molecule has 0 radical (unpaired) electrons. The second-order valence-electron chi connectivity index (χ2n) is 5.46. The molecule has 0 aromatic heterocycles. The van der Waals surface area contributed by atoms with Crippen LogP contribution in [-0.4, -0.2) is 38.5 Å². The predicted octanol–water partition coefficient (Wildman–Crippen LogP) is 3.06. The SMILES string of the molecule is CSCCC(NS(=O)(=O)c1ccc(C(F)(F)F)cc1)C(=O)OC(C)C. The predicted molar refractivity (Wildman–Crippen MR) is 89.8 cm³/mol. The molecule has 10 heteroatoms. The number of nitrogens with one attached hydrogen (secondary N) is 1. The summed E-state index contributed by atoms with van der Waals surface area (Å²) in [5, 5.41) is 0. The van der Waals surface area contributed by atoms with E-state index in [0.717, 1.165) is 12.1 Å². The Bertz CT molecular complexity index is 673. The minimum Gasteiger partial charge on any atom is -0.462 e. The van der Waals surface area contributed by atoms with Crippen LogP contribution in [0.15, 0.2) is 29.2 Å². The molecule has 0 amide bonds. The van der Waals surface area contributed by atoms with E-state index in [-0.39, 0.29) is 11.3 Å². The number of benzene rings is 1. The Morgan fingerprint density at radius 2 is 1.80 bits per heavy atom. The first kappa shape index (κ1) is 21.8. The van der Waals surface area contributed by atoms with E-state index in [1.54, 1.807) is 20.1 Å². The number of alkyl halides is 3. The van der Waals surface area contributed by atoms with Crippen molar-refractivity contribution in [3.05, 3.63) is 29.8 Å². The zero-order valence-corrected chi connectivity index (χ0v) is 15.6. The van der Waals surface area contributed by atoms with Crippen LogP contribution in [0.25, 0.3) is 0 Å². The molecule has 1 aromatic carbocycles. The molecular formula is C15H20F3NO4S2. The van der Waals surface area contributed by atoms with E-state index in [9.17, 15) is 26.4 Å². The molecule has 0 aliphatic carbocycles. The fraction of sp³-hybridized carbons (Fsp3) is 0.533. The Kier molecular flexibility index (Phi) is 7.76. The zero-order chi connectivity index (χ0) is 19.3. The van der Waals surface area contributed by atoms with Gasteiger partial charge in [-0.25, -0.2) is 8.42 Å². The van der Waals surface area contributed by atoms with Gasteiger partial charge in [0.25, 0.3) is 0 Å². The Hall–Kier alpha value is -1.26. The summed E-state index contributed by atoms with van der Waals surface area (Å²) in [6.07, 6.45) is -2.97. The standard InChI is InChI=1S/C15H20F3NO4S2/c1-10(2)23-14(20)13(8-9-24-3)19-25(21,22)12-6-4-11(5-7-12)15(16,17)18/h4-7,10,13,19H,8-9H2,1-3H3. The maximum Gasteiger partial charge on any atom is 0.416 e. The summed E-state index contributed by atoms with van der Waals surface area (Å²) >= 11 is 1.43. The highest BCUT2D eigenvalue weighted by Gasteiger charge is 2.31. The topological polar surface area (TPSA) is 72.5 Å². The fourth-order valence-electron chi connectivity index (χ4n) is 1.85. The number of halogens is 3. The van der Waals surface area contributed by atoms with Gasteiger partial charge < -0.3 is 4.74 Å². The Balaban J connectivity index is 2.99. The van der Waals surface area contributed by atoms with E-state index in [0.29, 0.717) is 17.9 Å². The molecule has 5 nitrogen and oxygen atoms in total. The number of hydrogen-bond donors (Lipinski definition) is 1. The highest BCUT2D eigenvalue weighted by Crippen LogP contribution is 2.29. The average Bonchev–Trinajstić information content (AvgIpc) is 2.50. The van der Waals surface area contributed by atoms with Gasteiger partial charge in [0.2, 0.25) is 10.0 Å². The third kappa shape index (κ3) is 6.87. The van der Waals surface area contributed by atoms with Gasteiger partial charge in [-0.15, -0.1) is 0 Å². The zero-order valence-electron chi connectivity index (χ0n) is 14.0. The van der Waals surface area contributed by atoms with Gasteiger partial charge in [0.1, 0.15) is 6.04 Å². The summed E-state index contributed by atoms with van der Waals surface area (Å²) in [5.74, 6) is -0.215. The lowest BCUT2D eigenvalue weighted by Gasteiger charge is -2.19. The molecule has 1 rings (SSSR count). The lowest BCUT2D eigenvalue weighted by atomic mass is 10.2. The van der Waals surface area contributed by atoms with Gasteiger partial charge in [-0.05, 0) is 56.5 Å². The first-order valence-electron chi connectivity index (χ1n) is 7.36. The van der Waals surface area contributed by atoms with Crippen molar-refractivity contribution in [1.29, 1.82) is 0 Å². The van der Waals surface area contributed by atoms with Crippen LogP contribution in [0.3, 0.4) is 0 Å². The monoisotopic (exact) mass is 399 g/mol. The van der Waals surface area contributed by atoms with Crippen molar-refractivity contribution >= 4 is 27.8 Å². The van der Waals surface area contributed by atoms with Crippen molar-refractivity contribution in [3.8, 4) is 0 Å². The summed E-state index contributed by atoms with van der Waals surface area (Å²) in [6.45, 7) is 3.27. The van der Waals surface area contributed by atoms with Crippen LogP contribution in [0, 0.1) is 0 Å². The largest absolute Gasteiger partial charge is 0.462 e. The molecule has 1 atom stereocenters. The molecule has 0 fully saturated rings. The Labute approximate surface area is 149 Å². The molecule has 0 bridgehead atoms. The molecule has 1 N–H and O–H groups in total. The maximum absolute atomic E-state index is 12.6. The third-order valence-corrected chi connectivity index (χ3v) is 5.17. The molecular weight excluding hydrogens is 379 g/mol. The number of rotatable bonds is 8. The highest BCUT2D eigenvalue weighted by molar-refractivity contribution is 7.98. The summed E-state index contributed by atoms with van der Waals surface area (Å²) < 4.78 is 69.6. The summed E-state index contributed by atoms with van der Waals surface area (Å²) in [6, 6.07) is 1.95. The number of ether oxygens (including phenoxy) is 1. The molecule has 0 aliphatic heterocycles. The van der Waals surface area contributed by atoms with E-state index in [4.69, 9.17) is 4.74 Å². The van der Waals surface area contributed by atoms with Gasteiger partial charge >= 0.3 is 12.1 Å². The quantitative estimate of drug-likeness (QED) is 0.681. The first-order chi connectivity index (χ1) is 11.5. The Morgan fingerprint density at radius 1 is 1.24 bits per heavy atom. The number of carbonyl (C=O) groups excluding carboxylic acids is 1.